The summed E-state index contributed by atoms with van der Waals surface area (Å²) in [5.41, 5.74) is 2.66. The predicted octanol–water partition coefficient (Wildman–Crippen LogP) is 3.04. The number of anilines is 1. The first-order valence-corrected chi connectivity index (χ1v) is 10.8. The summed E-state index contributed by atoms with van der Waals surface area (Å²) in [5, 5.41) is 2.87. The van der Waals surface area contributed by atoms with E-state index in [9.17, 15) is 13.2 Å². The molecule has 0 saturated carbocycles. The van der Waals surface area contributed by atoms with E-state index in [-0.39, 0.29) is 16.9 Å². The van der Waals surface area contributed by atoms with Crippen LogP contribution in [-0.2, 0) is 14.8 Å². The molecular weight excluding hydrogens is 376 g/mol. The molecule has 3 rings (SSSR count). The molecule has 1 aliphatic heterocycles. The van der Waals surface area contributed by atoms with Gasteiger partial charge >= 0.3 is 0 Å². The standard InChI is InChI=1S/C21H26N2O4S/c1-15-6-10-19(11-7-15)28(25,26)23(3)20-13-17(9-8-16(20)2)21(24)22-14-18-5-4-12-27-18/h6-11,13,18H,4-5,12,14H2,1-3H3,(H,22,24). The minimum absolute atomic E-state index is 0.0541. The Hall–Kier alpha value is -2.38. The van der Waals surface area contributed by atoms with Crippen molar-refractivity contribution in [2.24, 2.45) is 0 Å². The van der Waals surface area contributed by atoms with Gasteiger partial charge in [-0.2, -0.15) is 0 Å². The van der Waals surface area contributed by atoms with Crippen LogP contribution in [0.25, 0.3) is 0 Å². The highest BCUT2D eigenvalue weighted by Gasteiger charge is 2.23. The van der Waals surface area contributed by atoms with Crippen LogP contribution in [0.5, 0.6) is 0 Å². The van der Waals surface area contributed by atoms with Gasteiger partial charge in [0.05, 0.1) is 16.7 Å². The van der Waals surface area contributed by atoms with E-state index in [0.29, 0.717) is 17.8 Å². The van der Waals surface area contributed by atoms with Gasteiger partial charge in [0, 0.05) is 25.8 Å². The molecule has 7 heteroatoms. The van der Waals surface area contributed by atoms with E-state index in [1.165, 1.54) is 11.4 Å². The van der Waals surface area contributed by atoms with E-state index in [2.05, 4.69) is 5.32 Å². The zero-order valence-electron chi connectivity index (χ0n) is 16.4. The van der Waals surface area contributed by atoms with E-state index in [1.807, 2.05) is 13.8 Å². The molecule has 1 N–H and O–H groups in total. The zero-order valence-corrected chi connectivity index (χ0v) is 17.3. The molecule has 0 aromatic heterocycles. The van der Waals surface area contributed by atoms with Crippen molar-refractivity contribution in [1.29, 1.82) is 0 Å². The number of aryl methyl sites for hydroxylation is 2. The fraction of sp³-hybridized carbons (Fsp3) is 0.381. The van der Waals surface area contributed by atoms with Crippen molar-refractivity contribution >= 4 is 21.6 Å². The van der Waals surface area contributed by atoms with Crippen LogP contribution >= 0.6 is 0 Å². The third kappa shape index (κ3) is 4.36. The fourth-order valence-electron chi connectivity index (χ4n) is 3.20. The van der Waals surface area contributed by atoms with Crippen molar-refractivity contribution in [2.75, 3.05) is 24.5 Å². The summed E-state index contributed by atoms with van der Waals surface area (Å²) in [7, 11) is -2.21. The Morgan fingerprint density at radius 1 is 1.18 bits per heavy atom. The van der Waals surface area contributed by atoms with Crippen LogP contribution in [0.1, 0.15) is 34.3 Å². The topological polar surface area (TPSA) is 75.7 Å². The van der Waals surface area contributed by atoms with Gasteiger partial charge in [-0.05, 0) is 56.5 Å². The molecule has 1 saturated heterocycles. The Morgan fingerprint density at radius 2 is 1.89 bits per heavy atom. The lowest BCUT2D eigenvalue weighted by molar-refractivity contribution is 0.0858. The lowest BCUT2D eigenvalue weighted by Crippen LogP contribution is -2.32. The number of nitrogens with one attached hydrogen (secondary N) is 1. The summed E-state index contributed by atoms with van der Waals surface area (Å²) < 4.78 is 32.7. The Morgan fingerprint density at radius 3 is 2.54 bits per heavy atom. The van der Waals surface area contributed by atoms with Crippen LogP contribution in [0.15, 0.2) is 47.4 Å². The van der Waals surface area contributed by atoms with Crippen molar-refractivity contribution < 1.29 is 17.9 Å². The second kappa shape index (κ2) is 8.32. The predicted molar refractivity (Wildman–Crippen MR) is 109 cm³/mol. The monoisotopic (exact) mass is 402 g/mol. The number of hydrogen-bond donors (Lipinski definition) is 1. The zero-order chi connectivity index (χ0) is 20.3. The number of benzene rings is 2. The highest BCUT2D eigenvalue weighted by Crippen LogP contribution is 2.26. The second-order valence-corrected chi connectivity index (χ2v) is 9.10. The largest absolute Gasteiger partial charge is 0.376 e. The number of hydrogen-bond acceptors (Lipinski definition) is 4. The molecule has 0 spiro atoms. The third-order valence-electron chi connectivity index (χ3n) is 5.00. The van der Waals surface area contributed by atoms with E-state index in [1.54, 1.807) is 42.5 Å². The Labute approximate surface area is 166 Å². The smallest absolute Gasteiger partial charge is 0.264 e. The van der Waals surface area contributed by atoms with Crippen molar-refractivity contribution in [2.45, 2.75) is 37.7 Å². The van der Waals surface area contributed by atoms with Gasteiger partial charge in [0.25, 0.3) is 15.9 Å². The van der Waals surface area contributed by atoms with Gasteiger partial charge in [-0.15, -0.1) is 0 Å². The molecule has 0 radical (unpaired) electrons. The third-order valence-corrected chi connectivity index (χ3v) is 6.79. The molecular formula is C21H26N2O4S. The maximum Gasteiger partial charge on any atom is 0.264 e. The number of ether oxygens (including phenoxy) is 1. The molecule has 1 amide bonds. The molecule has 2 aromatic rings. The summed E-state index contributed by atoms with van der Waals surface area (Å²) in [5.74, 6) is -0.238. The summed E-state index contributed by atoms with van der Waals surface area (Å²) in [6.45, 7) is 4.92. The minimum Gasteiger partial charge on any atom is -0.376 e. The molecule has 2 aromatic carbocycles. The molecule has 1 unspecified atom stereocenters. The van der Waals surface area contributed by atoms with Crippen molar-refractivity contribution in [3.05, 3.63) is 59.2 Å². The van der Waals surface area contributed by atoms with Crippen molar-refractivity contribution in [3.8, 4) is 0 Å². The summed E-state index contributed by atoms with van der Waals surface area (Å²) >= 11 is 0. The normalized spacial score (nSPS) is 16.8. The number of nitrogens with zero attached hydrogens (tertiary/aromatic N) is 1. The Balaban J connectivity index is 1.81. The Kier molecular flexibility index (Phi) is 6.05. The first kappa shape index (κ1) is 20.4. The van der Waals surface area contributed by atoms with Crippen LogP contribution in [0, 0.1) is 13.8 Å². The van der Waals surface area contributed by atoms with Crippen LogP contribution < -0.4 is 9.62 Å². The average molecular weight is 403 g/mol. The number of rotatable bonds is 6. The summed E-state index contributed by atoms with van der Waals surface area (Å²) in [6.07, 6.45) is 2.01. The lowest BCUT2D eigenvalue weighted by Gasteiger charge is -2.22. The van der Waals surface area contributed by atoms with Crippen LogP contribution in [-0.4, -0.2) is 40.6 Å². The molecule has 0 aliphatic carbocycles. The van der Waals surface area contributed by atoms with E-state index >= 15 is 0 Å². The molecule has 28 heavy (non-hydrogen) atoms. The first-order chi connectivity index (χ1) is 13.3. The van der Waals surface area contributed by atoms with Crippen molar-refractivity contribution in [1.82, 2.24) is 5.32 Å². The van der Waals surface area contributed by atoms with E-state index < -0.39 is 10.0 Å². The van der Waals surface area contributed by atoms with Gasteiger partial charge in [-0.25, -0.2) is 8.42 Å². The molecule has 0 bridgehead atoms. The highest BCUT2D eigenvalue weighted by atomic mass is 32.2. The van der Waals surface area contributed by atoms with Crippen LogP contribution in [0.3, 0.4) is 0 Å². The van der Waals surface area contributed by atoms with Gasteiger partial charge in [0.15, 0.2) is 0 Å². The second-order valence-electron chi connectivity index (χ2n) is 7.13. The van der Waals surface area contributed by atoms with Crippen LogP contribution in [0.2, 0.25) is 0 Å². The maximum absolute atomic E-state index is 13.0. The van der Waals surface area contributed by atoms with Gasteiger partial charge in [0.2, 0.25) is 0 Å². The molecule has 6 nitrogen and oxygen atoms in total. The highest BCUT2D eigenvalue weighted by molar-refractivity contribution is 7.92. The van der Waals surface area contributed by atoms with E-state index in [4.69, 9.17) is 4.74 Å². The number of carbonyl (C=O) groups is 1. The quantitative estimate of drug-likeness (QED) is 0.806. The molecule has 1 fully saturated rings. The van der Waals surface area contributed by atoms with Gasteiger partial charge in [0.1, 0.15) is 0 Å². The number of carbonyl (C=O) groups excluding carboxylic acids is 1. The summed E-state index contributed by atoms with van der Waals surface area (Å²) in [6, 6.07) is 11.8. The average Bonchev–Trinajstić information content (AvgIpc) is 3.20. The molecule has 150 valence electrons. The van der Waals surface area contributed by atoms with Gasteiger partial charge in [-0.3, -0.25) is 9.10 Å². The molecule has 1 aliphatic rings. The minimum atomic E-state index is -3.72. The van der Waals surface area contributed by atoms with Crippen molar-refractivity contribution in [3.63, 3.8) is 0 Å². The fourth-order valence-corrected chi connectivity index (χ4v) is 4.45. The molecule has 1 heterocycles. The maximum atomic E-state index is 13.0. The molecule has 1 atom stereocenters. The number of amides is 1. The van der Waals surface area contributed by atoms with Gasteiger partial charge in [-0.1, -0.05) is 23.8 Å². The SMILES string of the molecule is Cc1ccc(S(=O)(=O)N(C)c2cc(C(=O)NCC3CCCO3)ccc2C)cc1. The Bertz CT molecular complexity index is 949. The van der Waals surface area contributed by atoms with Gasteiger partial charge < -0.3 is 10.1 Å². The van der Waals surface area contributed by atoms with E-state index in [0.717, 1.165) is 30.6 Å². The number of sulfonamides is 1. The first-order valence-electron chi connectivity index (χ1n) is 9.35. The summed E-state index contributed by atoms with van der Waals surface area (Å²) in [4.78, 5) is 12.7. The van der Waals surface area contributed by atoms with Crippen LogP contribution in [0.4, 0.5) is 5.69 Å². The lowest BCUT2D eigenvalue weighted by atomic mass is 10.1.